The third kappa shape index (κ3) is 6.15. The summed E-state index contributed by atoms with van der Waals surface area (Å²) in [6.45, 7) is 0.786. The van der Waals surface area contributed by atoms with Crippen LogP contribution >= 0.6 is 0 Å². The second-order valence-electron chi connectivity index (χ2n) is 8.41. The van der Waals surface area contributed by atoms with Crippen LogP contribution in [0.2, 0.25) is 0 Å². The second kappa shape index (κ2) is 12.2. The Labute approximate surface area is 205 Å². The van der Waals surface area contributed by atoms with Crippen LogP contribution in [0.3, 0.4) is 0 Å². The number of aromatic nitrogens is 2. The molecule has 36 heavy (non-hydrogen) atoms. The molecule has 16 heteroatoms. The van der Waals surface area contributed by atoms with Crippen molar-refractivity contribution in [1.29, 1.82) is 0 Å². The fourth-order valence-corrected chi connectivity index (χ4v) is 4.03. The molecule has 1 aromatic heterocycles. The molecule has 3 amide bonds. The number of anilines is 1. The first kappa shape index (κ1) is 27.4. The van der Waals surface area contributed by atoms with E-state index in [0.29, 0.717) is 26.2 Å². The van der Waals surface area contributed by atoms with Crippen LogP contribution in [0.1, 0.15) is 6.23 Å². The monoisotopic (exact) mass is 512 g/mol. The number of hydrogen-bond acceptors (Lipinski definition) is 12. The van der Waals surface area contributed by atoms with Crippen molar-refractivity contribution < 1.29 is 34.4 Å². The lowest BCUT2D eigenvalue weighted by Crippen LogP contribution is -2.68. The molecule has 1 aromatic rings. The van der Waals surface area contributed by atoms with Crippen LogP contribution < -0.4 is 32.7 Å². The maximum absolute atomic E-state index is 13.4. The van der Waals surface area contributed by atoms with Crippen molar-refractivity contribution in [3.05, 3.63) is 22.7 Å². The highest BCUT2D eigenvalue weighted by molar-refractivity contribution is 5.89. The van der Waals surface area contributed by atoms with E-state index in [9.17, 15) is 34.5 Å². The van der Waals surface area contributed by atoms with Crippen molar-refractivity contribution in [1.82, 2.24) is 35.7 Å². The molecule has 3 rings (SSSR count). The quantitative estimate of drug-likeness (QED) is 0.163. The fourth-order valence-electron chi connectivity index (χ4n) is 4.03. The van der Waals surface area contributed by atoms with E-state index in [2.05, 4.69) is 26.3 Å². The molecule has 2 fully saturated rings. The molecule has 0 aromatic carbocycles. The van der Waals surface area contributed by atoms with Gasteiger partial charge in [-0.05, 0) is 13.1 Å². The number of amides is 3. The molecule has 2 aliphatic rings. The highest BCUT2D eigenvalue weighted by atomic mass is 16.5. The van der Waals surface area contributed by atoms with Gasteiger partial charge in [0.15, 0.2) is 12.3 Å². The zero-order chi connectivity index (χ0) is 26.4. The summed E-state index contributed by atoms with van der Waals surface area (Å²) in [5.41, 5.74) is 4.64. The van der Waals surface area contributed by atoms with Crippen molar-refractivity contribution in [2.24, 2.45) is 0 Å². The van der Waals surface area contributed by atoms with Crippen LogP contribution in [0.5, 0.6) is 0 Å². The summed E-state index contributed by atoms with van der Waals surface area (Å²) in [6, 6.07) is -1.59. The van der Waals surface area contributed by atoms with Gasteiger partial charge in [0.2, 0.25) is 11.8 Å². The number of carbonyl (C=O) groups excluding carboxylic acids is 3. The first-order chi connectivity index (χ1) is 17.2. The lowest BCUT2D eigenvalue weighted by atomic mass is 9.93. The summed E-state index contributed by atoms with van der Waals surface area (Å²) in [5.74, 6) is -2.15. The molecule has 0 aliphatic carbocycles. The van der Waals surface area contributed by atoms with Crippen molar-refractivity contribution in [2.45, 2.75) is 36.6 Å². The Bertz CT molecular complexity index is 1000. The summed E-state index contributed by atoms with van der Waals surface area (Å²) < 4.78 is 6.71. The van der Waals surface area contributed by atoms with Gasteiger partial charge in [-0.25, -0.2) is 4.79 Å². The van der Waals surface area contributed by atoms with Gasteiger partial charge in [0.1, 0.15) is 24.1 Å². The first-order valence-electron chi connectivity index (χ1n) is 11.4. The van der Waals surface area contributed by atoms with Crippen LogP contribution in [0.4, 0.5) is 5.82 Å². The Morgan fingerprint density at radius 1 is 1.28 bits per heavy atom. The van der Waals surface area contributed by atoms with E-state index in [-0.39, 0.29) is 12.4 Å². The van der Waals surface area contributed by atoms with Crippen molar-refractivity contribution in [2.75, 3.05) is 52.1 Å². The number of hydrogen-bond donors (Lipinski definition) is 8. The molecule has 2 saturated heterocycles. The number of nitrogens with two attached hydrogens (primary N) is 1. The molecule has 2 aliphatic heterocycles. The zero-order valence-electron chi connectivity index (χ0n) is 19.7. The number of piperazine rings is 1. The minimum absolute atomic E-state index is 0.0731. The summed E-state index contributed by atoms with van der Waals surface area (Å²) in [4.78, 5) is 55.5. The molecular weight excluding hydrogens is 480 g/mol. The summed E-state index contributed by atoms with van der Waals surface area (Å²) >= 11 is 0. The number of rotatable bonds is 8. The van der Waals surface area contributed by atoms with Gasteiger partial charge in [0.25, 0.3) is 5.91 Å². The van der Waals surface area contributed by atoms with E-state index in [1.807, 2.05) is 0 Å². The highest BCUT2D eigenvalue weighted by Crippen LogP contribution is 2.29. The third-order valence-corrected chi connectivity index (χ3v) is 5.90. The zero-order valence-corrected chi connectivity index (χ0v) is 19.7. The van der Waals surface area contributed by atoms with Gasteiger partial charge in [-0.1, -0.05) is 0 Å². The molecule has 6 atom stereocenters. The number of ether oxygens (including phenoxy) is 1. The van der Waals surface area contributed by atoms with Gasteiger partial charge in [-0.3, -0.25) is 19.0 Å². The minimum Gasteiger partial charge on any atom is -0.394 e. The molecule has 0 saturated carbocycles. The highest BCUT2D eigenvalue weighted by Gasteiger charge is 2.50. The Morgan fingerprint density at radius 3 is 2.58 bits per heavy atom. The number of nitrogens with zero attached hydrogens (tertiary/aromatic N) is 3. The predicted molar refractivity (Wildman–Crippen MR) is 123 cm³/mol. The molecular formula is C20H32N8O8. The molecule has 0 unspecified atom stereocenters. The van der Waals surface area contributed by atoms with Gasteiger partial charge in [0.05, 0.1) is 19.2 Å². The van der Waals surface area contributed by atoms with Gasteiger partial charge < -0.3 is 52.0 Å². The fraction of sp³-hybridized carbons (Fsp3) is 0.650. The van der Waals surface area contributed by atoms with Gasteiger partial charge in [-0.2, -0.15) is 4.98 Å². The SMILES string of the molecule is CNCC(=O)N[C@H](CO)C(=O)N[C@H]1[C@H](O)[C@@H](O)[C@H](n2ccc(N)nc2=O)O[C@@H]1C(=O)N1CCNCC1. The van der Waals surface area contributed by atoms with Crippen molar-refractivity contribution in [3.8, 4) is 0 Å². The average molecular weight is 513 g/mol. The number of nitrogens with one attached hydrogen (secondary N) is 4. The number of aliphatic hydroxyl groups excluding tert-OH is 3. The van der Waals surface area contributed by atoms with E-state index in [1.54, 1.807) is 0 Å². The van der Waals surface area contributed by atoms with Gasteiger partial charge in [-0.15, -0.1) is 0 Å². The third-order valence-electron chi connectivity index (χ3n) is 5.90. The molecule has 200 valence electrons. The maximum atomic E-state index is 13.4. The molecule has 9 N–H and O–H groups in total. The number of likely N-dealkylation sites (N-methyl/N-ethyl adjacent to an activating group) is 1. The lowest BCUT2D eigenvalue weighted by Gasteiger charge is -2.44. The largest absolute Gasteiger partial charge is 0.394 e. The maximum Gasteiger partial charge on any atom is 0.351 e. The second-order valence-corrected chi connectivity index (χ2v) is 8.41. The first-order valence-corrected chi connectivity index (χ1v) is 11.4. The van der Waals surface area contributed by atoms with E-state index < -0.39 is 66.6 Å². The van der Waals surface area contributed by atoms with Crippen LogP contribution in [-0.4, -0.2) is 124 Å². The van der Waals surface area contributed by atoms with E-state index in [0.717, 1.165) is 4.57 Å². The molecule has 0 spiro atoms. The minimum atomic E-state index is -1.78. The van der Waals surface area contributed by atoms with E-state index >= 15 is 0 Å². The van der Waals surface area contributed by atoms with Gasteiger partial charge in [0, 0.05) is 32.4 Å². The summed E-state index contributed by atoms with van der Waals surface area (Å²) in [7, 11) is 1.52. The Morgan fingerprint density at radius 2 is 1.97 bits per heavy atom. The number of carbonyl (C=O) groups is 3. The number of aliphatic hydroxyl groups is 3. The van der Waals surface area contributed by atoms with Crippen LogP contribution in [-0.2, 0) is 19.1 Å². The molecule has 16 nitrogen and oxygen atoms in total. The van der Waals surface area contributed by atoms with Crippen LogP contribution in [0.15, 0.2) is 17.1 Å². The van der Waals surface area contributed by atoms with Gasteiger partial charge >= 0.3 is 5.69 Å². The average Bonchev–Trinajstić information content (AvgIpc) is 2.86. The number of nitrogen functional groups attached to an aromatic ring is 1. The smallest absolute Gasteiger partial charge is 0.351 e. The Balaban J connectivity index is 1.89. The van der Waals surface area contributed by atoms with Crippen molar-refractivity contribution >= 4 is 23.5 Å². The van der Waals surface area contributed by atoms with E-state index in [4.69, 9.17) is 10.5 Å². The lowest BCUT2D eigenvalue weighted by molar-refractivity contribution is -0.218. The topological polar surface area (TPSA) is 233 Å². The van der Waals surface area contributed by atoms with Crippen molar-refractivity contribution in [3.63, 3.8) is 0 Å². The van der Waals surface area contributed by atoms with Crippen LogP contribution in [0, 0.1) is 0 Å². The normalized spacial score (nSPS) is 27.2. The molecule has 3 heterocycles. The molecule has 0 radical (unpaired) electrons. The predicted octanol–water partition coefficient (Wildman–Crippen LogP) is -5.94. The summed E-state index contributed by atoms with van der Waals surface area (Å²) in [5, 5.41) is 41.8. The Kier molecular flexibility index (Phi) is 9.30. The molecule has 0 bridgehead atoms. The standard InChI is InChI=1S/C20H32N8O8/c1-22-8-12(30)24-10(9-29)17(33)26-13-14(31)15(32)19(28-5-2-11(21)25-20(28)35)36-16(13)18(34)27-6-3-23-4-7-27/h2,5,10,13-16,19,22-23,29,31-32H,3-4,6-9H2,1H3,(H,24,30)(H,26,33)(H2,21,25,35)/t10-,13+,14+,15-,16+,19-/m1/s1. The Hall–Kier alpha value is -3.15. The summed E-state index contributed by atoms with van der Waals surface area (Å²) in [6.07, 6.45) is -5.38. The van der Waals surface area contributed by atoms with Crippen LogP contribution in [0.25, 0.3) is 0 Å². The van der Waals surface area contributed by atoms with E-state index in [1.165, 1.54) is 24.2 Å².